The third-order valence-electron chi connectivity index (χ3n) is 5.04. The average molecular weight is 334 g/mol. The molecule has 0 unspecified atom stereocenters. The van der Waals surface area contributed by atoms with Crippen molar-refractivity contribution in [2.45, 2.75) is 37.8 Å². The number of hydrogen-bond acceptors (Lipinski definition) is 3. The molecule has 0 spiro atoms. The summed E-state index contributed by atoms with van der Waals surface area (Å²) < 4.78 is 0. The smallest absolute Gasteiger partial charge is 0.233 e. The highest BCUT2D eigenvalue weighted by Crippen LogP contribution is 2.35. The van der Waals surface area contributed by atoms with Gasteiger partial charge < -0.3 is 10.2 Å². The van der Waals surface area contributed by atoms with Crippen LogP contribution in [0, 0.1) is 5.92 Å². The van der Waals surface area contributed by atoms with Crippen molar-refractivity contribution in [3.8, 4) is 0 Å². The molecule has 4 heteroatoms. The second-order valence-corrected chi connectivity index (χ2v) is 6.75. The van der Waals surface area contributed by atoms with Gasteiger partial charge >= 0.3 is 0 Å². The normalized spacial score (nSPS) is 23.1. The minimum atomic E-state index is -0.426. The Morgan fingerprint density at radius 1 is 0.960 bits per heavy atom. The summed E-state index contributed by atoms with van der Waals surface area (Å²) in [5, 5.41) is 7.52. The Morgan fingerprint density at radius 3 is 2.28 bits per heavy atom. The molecule has 1 aliphatic carbocycles. The first-order valence-electron chi connectivity index (χ1n) is 8.97. The zero-order valence-corrected chi connectivity index (χ0v) is 14.1. The molecule has 2 aromatic rings. The van der Waals surface area contributed by atoms with E-state index in [4.69, 9.17) is 4.84 Å². The van der Waals surface area contributed by atoms with Crippen molar-refractivity contribution < 1.29 is 9.63 Å². The van der Waals surface area contributed by atoms with Crippen molar-refractivity contribution in [2.75, 3.05) is 0 Å². The lowest BCUT2D eigenvalue weighted by Gasteiger charge is -2.21. The van der Waals surface area contributed by atoms with E-state index in [9.17, 15) is 4.79 Å². The Bertz CT molecular complexity index is 752. The number of carbonyl (C=O) groups is 1. The first kappa shape index (κ1) is 15.9. The molecular weight excluding hydrogens is 312 g/mol. The van der Waals surface area contributed by atoms with Crippen LogP contribution in [0.15, 0.2) is 65.8 Å². The van der Waals surface area contributed by atoms with E-state index in [0.29, 0.717) is 5.71 Å². The Morgan fingerprint density at radius 2 is 1.60 bits per heavy atom. The van der Waals surface area contributed by atoms with Gasteiger partial charge in [0.2, 0.25) is 5.91 Å². The molecule has 1 heterocycles. The molecule has 1 N–H and O–H groups in total. The van der Waals surface area contributed by atoms with Gasteiger partial charge in [-0.15, -0.1) is 0 Å². The van der Waals surface area contributed by atoms with Crippen LogP contribution in [-0.2, 0) is 9.63 Å². The van der Waals surface area contributed by atoms with E-state index in [1.165, 1.54) is 12.8 Å². The van der Waals surface area contributed by atoms with Crippen LogP contribution in [0.1, 0.15) is 42.9 Å². The number of carbonyl (C=O) groups excluding carboxylic acids is 1. The summed E-state index contributed by atoms with van der Waals surface area (Å²) in [6.07, 6.45) is 4.12. The maximum absolute atomic E-state index is 13.1. The van der Waals surface area contributed by atoms with Gasteiger partial charge in [0.1, 0.15) is 11.6 Å². The zero-order chi connectivity index (χ0) is 17.1. The fraction of sp³-hybridized carbons (Fsp3) is 0.333. The molecule has 4 nitrogen and oxygen atoms in total. The van der Waals surface area contributed by atoms with Gasteiger partial charge in [-0.2, -0.15) is 0 Å². The summed E-state index contributed by atoms with van der Waals surface area (Å²) in [6.45, 7) is 0. The predicted molar refractivity (Wildman–Crippen MR) is 97.1 cm³/mol. The minimum Gasteiger partial charge on any atom is -0.386 e. The molecule has 0 aromatic heterocycles. The summed E-state index contributed by atoms with van der Waals surface area (Å²) >= 11 is 0. The second-order valence-electron chi connectivity index (χ2n) is 6.75. The zero-order valence-electron chi connectivity index (χ0n) is 14.1. The fourth-order valence-electron chi connectivity index (χ4n) is 3.73. The van der Waals surface area contributed by atoms with Gasteiger partial charge in [0.15, 0.2) is 6.10 Å². The standard InChI is InChI=1S/C21H22N2O2/c24-21(22-17-13-7-8-14-17)18-19(15-9-3-1-4-10-15)23-25-20(18)16-11-5-2-6-12-16/h1-6,9-12,17-18,20H,7-8,13-14H2,(H,22,24)/t18-,20+/m0/s1. The lowest BCUT2D eigenvalue weighted by atomic mass is 9.87. The van der Waals surface area contributed by atoms with Gasteiger partial charge in [0.25, 0.3) is 0 Å². The quantitative estimate of drug-likeness (QED) is 0.923. The minimum absolute atomic E-state index is 0.0147. The van der Waals surface area contributed by atoms with Gasteiger partial charge in [-0.05, 0) is 18.4 Å². The highest BCUT2D eigenvalue weighted by molar-refractivity contribution is 6.14. The van der Waals surface area contributed by atoms with Crippen LogP contribution in [0.4, 0.5) is 0 Å². The first-order valence-corrected chi connectivity index (χ1v) is 8.97. The van der Waals surface area contributed by atoms with Crippen LogP contribution >= 0.6 is 0 Å². The van der Waals surface area contributed by atoms with Gasteiger partial charge in [-0.3, -0.25) is 4.79 Å². The molecule has 0 bridgehead atoms. The van der Waals surface area contributed by atoms with E-state index in [0.717, 1.165) is 24.0 Å². The van der Waals surface area contributed by atoms with Crippen LogP contribution < -0.4 is 5.32 Å². The highest BCUT2D eigenvalue weighted by Gasteiger charge is 2.42. The number of oxime groups is 1. The summed E-state index contributed by atoms with van der Waals surface area (Å²) in [5.41, 5.74) is 2.63. The molecule has 2 aliphatic rings. The molecule has 1 aliphatic heterocycles. The Labute approximate surface area is 147 Å². The molecule has 0 saturated heterocycles. The van der Waals surface area contributed by atoms with E-state index in [-0.39, 0.29) is 18.1 Å². The van der Waals surface area contributed by atoms with Crippen molar-refractivity contribution in [2.24, 2.45) is 11.1 Å². The van der Waals surface area contributed by atoms with Gasteiger partial charge in [0.05, 0.1) is 0 Å². The number of amides is 1. The lowest BCUT2D eigenvalue weighted by Crippen LogP contribution is -2.41. The van der Waals surface area contributed by atoms with Crippen LogP contribution in [0.2, 0.25) is 0 Å². The maximum atomic E-state index is 13.1. The van der Waals surface area contributed by atoms with Crippen LogP contribution in [0.25, 0.3) is 0 Å². The molecular formula is C21H22N2O2. The number of benzene rings is 2. The Kier molecular flexibility index (Phi) is 4.51. The second kappa shape index (κ2) is 7.09. The molecule has 1 saturated carbocycles. The first-order chi connectivity index (χ1) is 12.3. The van der Waals surface area contributed by atoms with Crippen LogP contribution in [-0.4, -0.2) is 17.7 Å². The van der Waals surface area contributed by atoms with E-state index in [2.05, 4.69) is 10.5 Å². The number of rotatable bonds is 4. The molecule has 0 radical (unpaired) electrons. The Balaban J connectivity index is 1.63. The summed E-state index contributed by atoms with van der Waals surface area (Å²) in [4.78, 5) is 18.8. The summed E-state index contributed by atoms with van der Waals surface area (Å²) in [5.74, 6) is -0.411. The molecule has 1 fully saturated rings. The van der Waals surface area contributed by atoms with E-state index in [1.54, 1.807) is 0 Å². The molecule has 25 heavy (non-hydrogen) atoms. The van der Waals surface area contributed by atoms with Gasteiger partial charge in [-0.1, -0.05) is 78.7 Å². The van der Waals surface area contributed by atoms with E-state index >= 15 is 0 Å². The third-order valence-corrected chi connectivity index (χ3v) is 5.04. The van der Waals surface area contributed by atoms with Crippen molar-refractivity contribution in [3.05, 3.63) is 71.8 Å². The van der Waals surface area contributed by atoms with Crippen molar-refractivity contribution in [1.29, 1.82) is 0 Å². The molecule has 2 atom stereocenters. The van der Waals surface area contributed by atoms with Crippen molar-refractivity contribution in [3.63, 3.8) is 0 Å². The van der Waals surface area contributed by atoms with E-state index in [1.807, 2.05) is 60.7 Å². The monoisotopic (exact) mass is 334 g/mol. The predicted octanol–water partition coefficient (Wildman–Crippen LogP) is 3.84. The molecule has 4 rings (SSSR count). The van der Waals surface area contributed by atoms with Crippen LogP contribution in [0.3, 0.4) is 0 Å². The van der Waals surface area contributed by atoms with Crippen LogP contribution in [0.5, 0.6) is 0 Å². The van der Waals surface area contributed by atoms with Gasteiger partial charge in [0, 0.05) is 11.6 Å². The SMILES string of the molecule is O=C(NC1CCCC1)[C@H]1C(c2ccccc2)=NO[C@@H]1c1ccccc1. The van der Waals surface area contributed by atoms with Crippen molar-refractivity contribution >= 4 is 11.6 Å². The fourth-order valence-corrected chi connectivity index (χ4v) is 3.73. The number of nitrogens with zero attached hydrogens (tertiary/aromatic N) is 1. The third kappa shape index (κ3) is 3.29. The molecule has 128 valence electrons. The lowest BCUT2D eigenvalue weighted by molar-refractivity contribution is -0.126. The van der Waals surface area contributed by atoms with E-state index < -0.39 is 5.92 Å². The highest BCUT2D eigenvalue weighted by atomic mass is 16.6. The molecule has 1 amide bonds. The number of nitrogens with one attached hydrogen (secondary N) is 1. The topological polar surface area (TPSA) is 50.7 Å². The summed E-state index contributed by atoms with van der Waals surface area (Å²) in [7, 11) is 0. The molecule has 2 aromatic carbocycles. The van der Waals surface area contributed by atoms with Gasteiger partial charge in [-0.25, -0.2) is 0 Å². The summed E-state index contributed by atoms with van der Waals surface area (Å²) in [6, 6.07) is 20.0. The maximum Gasteiger partial charge on any atom is 0.233 e. The van der Waals surface area contributed by atoms with Crippen molar-refractivity contribution in [1.82, 2.24) is 5.32 Å². The largest absolute Gasteiger partial charge is 0.386 e. The average Bonchev–Trinajstić information content (AvgIpc) is 3.32. The number of hydrogen-bond donors (Lipinski definition) is 1. The Hall–Kier alpha value is -2.62.